The summed E-state index contributed by atoms with van der Waals surface area (Å²) in [6, 6.07) is 11.4. The predicted octanol–water partition coefficient (Wildman–Crippen LogP) is 3.98. The summed E-state index contributed by atoms with van der Waals surface area (Å²) in [7, 11) is 1.77. The van der Waals surface area contributed by atoms with Gasteiger partial charge in [-0.05, 0) is 37.0 Å². The molecular weight excluding hydrogens is 340 g/mol. The topological polar surface area (TPSA) is 67.8 Å². The number of rotatable bonds is 9. The highest BCUT2D eigenvalue weighted by Gasteiger charge is 2.06. The molecule has 0 radical (unpaired) electrons. The molecule has 0 saturated carbocycles. The lowest BCUT2D eigenvalue weighted by Crippen LogP contribution is -2.37. The lowest BCUT2D eigenvalue weighted by molar-refractivity contribution is 0.319. The molecule has 1 heterocycles. The Bertz CT molecular complexity index is 714. The zero-order valence-corrected chi connectivity index (χ0v) is 16.7. The molecule has 0 aliphatic carbocycles. The number of hydrogen-bond acceptors (Lipinski definition) is 4. The fourth-order valence-corrected chi connectivity index (χ4v) is 2.38. The molecular formula is C21H30N4O2. The molecule has 0 atom stereocenters. The molecule has 2 N–H and O–H groups in total. The molecule has 0 unspecified atom stereocenters. The van der Waals surface area contributed by atoms with E-state index in [1.54, 1.807) is 13.2 Å². The first-order valence-corrected chi connectivity index (χ1v) is 9.41. The summed E-state index contributed by atoms with van der Waals surface area (Å²) in [6.45, 7) is 8.50. The zero-order valence-electron chi connectivity index (χ0n) is 16.7. The minimum Gasteiger partial charge on any atom is -0.490 e. The van der Waals surface area contributed by atoms with E-state index in [0.29, 0.717) is 36.4 Å². The maximum Gasteiger partial charge on any atom is 0.219 e. The Kier molecular flexibility index (Phi) is 8.42. The molecule has 0 spiro atoms. The molecule has 0 fully saturated rings. The molecule has 27 heavy (non-hydrogen) atoms. The van der Waals surface area contributed by atoms with E-state index in [-0.39, 0.29) is 0 Å². The van der Waals surface area contributed by atoms with Crippen LogP contribution in [-0.4, -0.2) is 31.1 Å². The average Bonchev–Trinajstić information content (AvgIpc) is 2.67. The number of hydrogen-bond donors (Lipinski definition) is 2. The van der Waals surface area contributed by atoms with Crippen LogP contribution >= 0.6 is 0 Å². The summed E-state index contributed by atoms with van der Waals surface area (Å²) in [6.07, 6.45) is 2.91. The highest BCUT2D eigenvalue weighted by Crippen LogP contribution is 2.30. The van der Waals surface area contributed by atoms with Gasteiger partial charge in [0.25, 0.3) is 0 Å². The van der Waals surface area contributed by atoms with E-state index in [0.717, 1.165) is 24.5 Å². The first kappa shape index (κ1) is 20.6. The van der Waals surface area contributed by atoms with Crippen molar-refractivity contribution in [3.8, 4) is 17.4 Å². The van der Waals surface area contributed by atoms with Gasteiger partial charge in [0.15, 0.2) is 17.5 Å². The van der Waals surface area contributed by atoms with Gasteiger partial charge >= 0.3 is 0 Å². The van der Waals surface area contributed by atoms with Gasteiger partial charge in [0, 0.05) is 32.4 Å². The van der Waals surface area contributed by atoms with Crippen LogP contribution in [0.15, 0.2) is 47.6 Å². The van der Waals surface area contributed by atoms with Crippen molar-refractivity contribution in [3.05, 3.63) is 48.2 Å². The van der Waals surface area contributed by atoms with Crippen molar-refractivity contribution in [1.29, 1.82) is 0 Å². The Morgan fingerprint density at radius 1 is 1.11 bits per heavy atom. The van der Waals surface area contributed by atoms with Crippen LogP contribution in [0.1, 0.15) is 32.8 Å². The summed E-state index contributed by atoms with van der Waals surface area (Å²) in [4.78, 5) is 8.62. The SMILES string of the molecule is CCOc1ccccc1Oc1ccc(CNC(=NC)NCCC(C)C)cn1. The molecule has 0 aliphatic heterocycles. The third-order valence-corrected chi connectivity index (χ3v) is 3.86. The molecule has 0 aliphatic rings. The van der Waals surface area contributed by atoms with Gasteiger partial charge in [0.05, 0.1) is 6.61 Å². The van der Waals surface area contributed by atoms with Crippen LogP contribution in [0.5, 0.6) is 17.4 Å². The van der Waals surface area contributed by atoms with Crippen molar-refractivity contribution < 1.29 is 9.47 Å². The molecule has 1 aromatic heterocycles. The summed E-state index contributed by atoms with van der Waals surface area (Å²) < 4.78 is 11.4. The van der Waals surface area contributed by atoms with Gasteiger partial charge in [-0.1, -0.05) is 32.0 Å². The van der Waals surface area contributed by atoms with E-state index < -0.39 is 0 Å². The molecule has 146 valence electrons. The molecule has 2 rings (SSSR count). The number of aliphatic imine (C=N–C) groups is 1. The lowest BCUT2D eigenvalue weighted by Gasteiger charge is -2.13. The van der Waals surface area contributed by atoms with Gasteiger partial charge in [-0.15, -0.1) is 0 Å². The first-order valence-electron chi connectivity index (χ1n) is 9.41. The van der Waals surface area contributed by atoms with Crippen LogP contribution in [0, 0.1) is 5.92 Å². The number of nitrogens with one attached hydrogen (secondary N) is 2. The first-order chi connectivity index (χ1) is 13.1. The number of pyridine rings is 1. The quantitative estimate of drug-likeness (QED) is 0.516. The molecule has 1 aromatic carbocycles. The fourth-order valence-electron chi connectivity index (χ4n) is 2.38. The Morgan fingerprint density at radius 3 is 2.52 bits per heavy atom. The van der Waals surface area contributed by atoms with Crippen LogP contribution in [-0.2, 0) is 6.54 Å². The second-order valence-corrected chi connectivity index (χ2v) is 6.52. The van der Waals surface area contributed by atoms with Gasteiger partial charge in [-0.3, -0.25) is 4.99 Å². The van der Waals surface area contributed by atoms with Crippen molar-refractivity contribution in [2.75, 3.05) is 20.2 Å². The third kappa shape index (κ3) is 7.17. The van der Waals surface area contributed by atoms with Gasteiger partial charge in [-0.2, -0.15) is 0 Å². The Labute approximate surface area is 162 Å². The van der Waals surface area contributed by atoms with Crippen molar-refractivity contribution >= 4 is 5.96 Å². The Hall–Kier alpha value is -2.76. The highest BCUT2D eigenvalue weighted by molar-refractivity contribution is 5.79. The largest absolute Gasteiger partial charge is 0.490 e. The summed E-state index contributed by atoms with van der Waals surface area (Å²) in [5, 5.41) is 6.61. The fraction of sp³-hybridized carbons (Fsp3) is 0.429. The maximum atomic E-state index is 5.85. The minimum atomic E-state index is 0.533. The number of guanidine groups is 1. The summed E-state index contributed by atoms with van der Waals surface area (Å²) >= 11 is 0. The molecule has 2 aromatic rings. The van der Waals surface area contributed by atoms with E-state index in [1.807, 2.05) is 43.3 Å². The van der Waals surface area contributed by atoms with Crippen LogP contribution < -0.4 is 20.1 Å². The molecule has 6 heteroatoms. The number of ether oxygens (including phenoxy) is 2. The van der Waals surface area contributed by atoms with Gasteiger partial charge in [-0.25, -0.2) is 4.98 Å². The minimum absolute atomic E-state index is 0.533. The standard InChI is InChI=1S/C21H30N4O2/c1-5-26-18-8-6-7-9-19(18)27-20-11-10-17(14-24-20)15-25-21(22-4)23-13-12-16(2)3/h6-11,14,16H,5,12-13,15H2,1-4H3,(H2,22,23,25). The van der Waals surface area contributed by atoms with Crippen molar-refractivity contribution in [3.63, 3.8) is 0 Å². The lowest BCUT2D eigenvalue weighted by atomic mass is 10.1. The molecule has 0 amide bonds. The Morgan fingerprint density at radius 2 is 1.89 bits per heavy atom. The second-order valence-electron chi connectivity index (χ2n) is 6.52. The zero-order chi connectivity index (χ0) is 19.5. The normalized spacial score (nSPS) is 11.4. The maximum absolute atomic E-state index is 5.85. The number of aromatic nitrogens is 1. The van der Waals surface area contributed by atoms with Gasteiger partial charge in [0.2, 0.25) is 5.88 Å². The van der Waals surface area contributed by atoms with Crippen LogP contribution in [0.2, 0.25) is 0 Å². The second kappa shape index (κ2) is 11.1. The number of nitrogens with zero attached hydrogens (tertiary/aromatic N) is 2. The molecule has 6 nitrogen and oxygen atoms in total. The smallest absolute Gasteiger partial charge is 0.219 e. The number of para-hydroxylation sites is 2. The van der Waals surface area contributed by atoms with Gasteiger partial charge < -0.3 is 20.1 Å². The van der Waals surface area contributed by atoms with E-state index in [1.165, 1.54) is 0 Å². The molecule has 0 saturated heterocycles. The highest BCUT2D eigenvalue weighted by atomic mass is 16.5. The van der Waals surface area contributed by atoms with E-state index in [4.69, 9.17) is 9.47 Å². The van der Waals surface area contributed by atoms with Crippen molar-refractivity contribution in [1.82, 2.24) is 15.6 Å². The summed E-state index contributed by atoms with van der Waals surface area (Å²) in [5.74, 6) is 3.36. The average molecular weight is 370 g/mol. The van der Waals surface area contributed by atoms with E-state index >= 15 is 0 Å². The van der Waals surface area contributed by atoms with Crippen LogP contribution in [0.3, 0.4) is 0 Å². The third-order valence-electron chi connectivity index (χ3n) is 3.86. The molecule has 0 bridgehead atoms. The number of benzene rings is 1. The summed E-state index contributed by atoms with van der Waals surface area (Å²) in [5.41, 5.74) is 1.05. The van der Waals surface area contributed by atoms with E-state index in [2.05, 4.69) is 34.5 Å². The van der Waals surface area contributed by atoms with Crippen LogP contribution in [0.25, 0.3) is 0 Å². The van der Waals surface area contributed by atoms with Crippen LogP contribution in [0.4, 0.5) is 0 Å². The van der Waals surface area contributed by atoms with Crippen molar-refractivity contribution in [2.24, 2.45) is 10.9 Å². The van der Waals surface area contributed by atoms with Gasteiger partial charge in [0.1, 0.15) is 0 Å². The monoisotopic (exact) mass is 370 g/mol. The van der Waals surface area contributed by atoms with Crippen molar-refractivity contribution in [2.45, 2.75) is 33.7 Å². The predicted molar refractivity (Wildman–Crippen MR) is 110 cm³/mol. The van der Waals surface area contributed by atoms with E-state index in [9.17, 15) is 0 Å². The Balaban J connectivity index is 1.88.